The number of benzene rings is 1. The van der Waals surface area contributed by atoms with E-state index in [2.05, 4.69) is 10.2 Å². The van der Waals surface area contributed by atoms with Gasteiger partial charge < -0.3 is 10.2 Å². The van der Waals surface area contributed by atoms with Gasteiger partial charge in [-0.3, -0.25) is 0 Å². The minimum atomic E-state index is 0.569. The Morgan fingerprint density at radius 3 is 2.88 bits per heavy atom. The molecule has 2 N–H and O–H groups in total. The number of anilines is 1. The molecule has 84 valence electrons. The van der Waals surface area contributed by atoms with Gasteiger partial charge in [-0.15, -0.1) is 22.0 Å². The molecule has 0 fully saturated rings. The van der Waals surface area contributed by atoms with Crippen LogP contribution in [0, 0.1) is 6.92 Å². The van der Waals surface area contributed by atoms with Crippen molar-refractivity contribution in [2.24, 2.45) is 0 Å². The van der Waals surface area contributed by atoms with E-state index < -0.39 is 0 Å². The van der Waals surface area contributed by atoms with Crippen LogP contribution in [0.1, 0.15) is 11.8 Å². The highest BCUT2D eigenvalue weighted by Gasteiger charge is 2.06. The minimum absolute atomic E-state index is 0.569. The van der Waals surface area contributed by atoms with Gasteiger partial charge in [-0.1, -0.05) is 11.6 Å². The molecule has 0 saturated carbocycles. The lowest BCUT2D eigenvalue weighted by Crippen LogP contribution is -1.85. The first-order valence-electron chi connectivity index (χ1n) is 4.62. The van der Waals surface area contributed by atoms with E-state index in [1.54, 1.807) is 13.0 Å². The lowest BCUT2D eigenvalue weighted by atomic mass is 10.3. The van der Waals surface area contributed by atoms with Gasteiger partial charge in [0, 0.05) is 17.5 Å². The summed E-state index contributed by atoms with van der Waals surface area (Å²) in [5.41, 5.74) is 6.26. The smallest absolute Gasteiger partial charge is 0.226 e. The Bertz CT molecular complexity index is 501. The molecule has 1 aromatic carbocycles. The average molecular weight is 256 g/mol. The predicted octanol–water partition coefficient (Wildman–Crippen LogP) is 2.91. The number of nitrogens with two attached hydrogens (primary N) is 1. The second-order valence-corrected chi connectivity index (χ2v) is 4.62. The molecule has 2 aromatic rings. The topological polar surface area (TPSA) is 64.9 Å². The zero-order valence-electron chi connectivity index (χ0n) is 8.61. The molecule has 0 spiro atoms. The zero-order chi connectivity index (χ0) is 11.5. The number of nitrogen functional groups attached to an aromatic ring is 1. The standard InChI is InChI=1S/C10H10ClN3OS/c1-6-13-14-10(15-6)5-16-9-3-2-7(12)4-8(9)11/h2-4H,5,12H2,1H3. The number of hydrogen-bond donors (Lipinski definition) is 1. The highest BCUT2D eigenvalue weighted by Crippen LogP contribution is 2.30. The maximum atomic E-state index is 6.03. The molecule has 0 amide bonds. The van der Waals surface area contributed by atoms with Gasteiger partial charge in [-0.2, -0.15) is 0 Å². The number of aryl methyl sites for hydroxylation is 1. The van der Waals surface area contributed by atoms with Crippen molar-refractivity contribution in [3.05, 3.63) is 35.0 Å². The number of rotatable bonds is 3. The Morgan fingerprint density at radius 1 is 1.44 bits per heavy atom. The fourth-order valence-corrected chi connectivity index (χ4v) is 2.28. The summed E-state index contributed by atoms with van der Waals surface area (Å²) in [4.78, 5) is 0.951. The van der Waals surface area contributed by atoms with Gasteiger partial charge >= 0.3 is 0 Å². The van der Waals surface area contributed by atoms with E-state index in [1.807, 2.05) is 12.1 Å². The van der Waals surface area contributed by atoms with E-state index in [4.69, 9.17) is 21.8 Å². The molecule has 6 heteroatoms. The van der Waals surface area contributed by atoms with Gasteiger partial charge in [0.05, 0.1) is 10.8 Å². The number of aromatic nitrogens is 2. The van der Waals surface area contributed by atoms with Gasteiger partial charge in [0.2, 0.25) is 11.8 Å². The van der Waals surface area contributed by atoms with Crippen molar-refractivity contribution in [1.82, 2.24) is 10.2 Å². The summed E-state index contributed by atoms with van der Waals surface area (Å²) in [5.74, 6) is 1.76. The van der Waals surface area contributed by atoms with Crippen LogP contribution >= 0.6 is 23.4 Å². The average Bonchev–Trinajstić information content (AvgIpc) is 2.63. The molecule has 0 unspecified atom stereocenters. The molecule has 1 aromatic heterocycles. The third kappa shape index (κ3) is 2.68. The van der Waals surface area contributed by atoms with E-state index >= 15 is 0 Å². The summed E-state index contributed by atoms with van der Waals surface area (Å²) in [6, 6.07) is 5.42. The fraction of sp³-hybridized carbons (Fsp3) is 0.200. The van der Waals surface area contributed by atoms with Gasteiger partial charge in [-0.05, 0) is 18.2 Å². The van der Waals surface area contributed by atoms with Crippen LogP contribution in [0.25, 0.3) is 0 Å². The first kappa shape index (κ1) is 11.3. The summed E-state index contributed by atoms with van der Waals surface area (Å²) in [6.07, 6.45) is 0. The van der Waals surface area contributed by atoms with Crippen LogP contribution < -0.4 is 5.73 Å². The summed E-state index contributed by atoms with van der Waals surface area (Å²) < 4.78 is 5.26. The molecule has 4 nitrogen and oxygen atoms in total. The number of halogens is 1. The Morgan fingerprint density at radius 2 is 2.25 bits per heavy atom. The van der Waals surface area contributed by atoms with Crippen molar-refractivity contribution < 1.29 is 4.42 Å². The molecule has 0 saturated heterocycles. The largest absolute Gasteiger partial charge is 0.425 e. The van der Waals surface area contributed by atoms with Gasteiger partial charge in [0.15, 0.2) is 0 Å². The number of nitrogens with zero attached hydrogens (tertiary/aromatic N) is 2. The highest BCUT2D eigenvalue weighted by molar-refractivity contribution is 7.98. The van der Waals surface area contributed by atoms with Crippen LogP contribution in [-0.4, -0.2) is 10.2 Å². The van der Waals surface area contributed by atoms with Crippen LogP contribution in [0.5, 0.6) is 0 Å². The van der Waals surface area contributed by atoms with Crippen LogP contribution in [0.4, 0.5) is 5.69 Å². The van der Waals surface area contributed by atoms with Crippen molar-refractivity contribution in [3.63, 3.8) is 0 Å². The maximum Gasteiger partial charge on any atom is 0.226 e. The maximum absolute atomic E-state index is 6.03. The Kier molecular flexibility index (Phi) is 3.36. The molecule has 0 aliphatic heterocycles. The van der Waals surface area contributed by atoms with Crippen molar-refractivity contribution >= 4 is 29.1 Å². The molecule has 0 atom stereocenters. The predicted molar refractivity (Wildman–Crippen MR) is 64.5 cm³/mol. The summed E-state index contributed by atoms with van der Waals surface area (Å²) in [7, 11) is 0. The molecular formula is C10H10ClN3OS. The third-order valence-corrected chi connectivity index (χ3v) is 3.36. The first-order chi connectivity index (χ1) is 7.65. The van der Waals surface area contributed by atoms with Crippen LogP contribution in [0.15, 0.2) is 27.5 Å². The Hall–Kier alpha value is -1.20. The summed E-state index contributed by atoms with van der Waals surface area (Å²) in [6.45, 7) is 1.76. The number of hydrogen-bond acceptors (Lipinski definition) is 5. The monoisotopic (exact) mass is 255 g/mol. The highest BCUT2D eigenvalue weighted by atomic mass is 35.5. The molecule has 0 aliphatic rings. The van der Waals surface area contributed by atoms with Crippen LogP contribution in [0.2, 0.25) is 5.02 Å². The van der Waals surface area contributed by atoms with Crippen molar-refractivity contribution in [2.75, 3.05) is 5.73 Å². The second-order valence-electron chi connectivity index (χ2n) is 3.19. The van der Waals surface area contributed by atoms with Crippen molar-refractivity contribution in [3.8, 4) is 0 Å². The molecular weight excluding hydrogens is 246 g/mol. The van der Waals surface area contributed by atoms with E-state index in [1.165, 1.54) is 11.8 Å². The molecule has 1 heterocycles. The van der Waals surface area contributed by atoms with E-state index in [9.17, 15) is 0 Å². The van der Waals surface area contributed by atoms with E-state index in [0.717, 1.165) is 4.90 Å². The first-order valence-corrected chi connectivity index (χ1v) is 5.98. The van der Waals surface area contributed by atoms with Crippen molar-refractivity contribution in [1.29, 1.82) is 0 Å². The molecule has 0 bridgehead atoms. The quantitative estimate of drug-likeness (QED) is 0.675. The third-order valence-electron chi connectivity index (χ3n) is 1.87. The summed E-state index contributed by atoms with van der Waals surface area (Å²) >= 11 is 7.57. The van der Waals surface area contributed by atoms with E-state index in [-0.39, 0.29) is 0 Å². The van der Waals surface area contributed by atoms with Gasteiger partial charge in [-0.25, -0.2) is 0 Å². The summed E-state index contributed by atoms with van der Waals surface area (Å²) in [5, 5.41) is 8.30. The number of thioether (sulfide) groups is 1. The van der Waals surface area contributed by atoms with Crippen LogP contribution in [0.3, 0.4) is 0 Å². The lowest BCUT2D eigenvalue weighted by Gasteiger charge is -2.02. The normalized spacial score (nSPS) is 10.6. The van der Waals surface area contributed by atoms with E-state index in [0.29, 0.717) is 28.2 Å². The molecule has 0 aliphatic carbocycles. The molecule has 16 heavy (non-hydrogen) atoms. The Balaban J connectivity index is 2.04. The zero-order valence-corrected chi connectivity index (χ0v) is 10.2. The Labute approximate surface area is 102 Å². The fourth-order valence-electron chi connectivity index (χ4n) is 1.17. The van der Waals surface area contributed by atoms with Crippen molar-refractivity contribution in [2.45, 2.75) is 17.6 Å². The minimum Gasteiger partial charge on any atom is -0.425 e. The van der Waals surface area contributed by atoms with Gasteiger partial charge in [0.25, 0.3) is 0 Å². The molecule has 2 rings (SSSR count). The lowest BCUT2D eigenvalue weighted by molar-refractivity contribution is 0.485. The van der Waals surface area contributed by atoms with Crippen LogP contribution in [-0.2, 0) is 5.75 Å². The van der Waals surface area contributed by atoms with Gasteiger partial charge in [0.1, 0.15) is 0 Å². The SMILES string of the molecule is Cc1nnc(CSc2ccc(N)cc2Cl)o1. The molecule has 0 radical (unpaired) electrons. The second kappa shape index (κ2) is 4.76.